The number of halogens is 3. The van der Waals surface area contributed by atoms with Crippen LogP contribution in [0.2, 0.25) is 0 Å². The molecule has 0 aliphatic heterocycles. The molecular weight excluding hydrogens is 373 g/mol. The van der Waals surface area contributed by atoms with E-state index in [0.717, 1.165) is 14.5 Å². The number of ether oxygens (including phenoxy) is 1. The van der Waals surface area contributed by atoms with Gasteiger partial charge in [0.15, 0.2) is 0 Å². The first-order valence-corrected chi connectivity index (χ1v) is 6.48. The van der Waals surface area contributed by atoms with Crippen LogP contribution in [0.25, 0.3) is 0 Å². The highest BCUT2D eigenvalue weighted by Crippen LogP contribution is 2.24. The molecule has 0 bridgehead atoms. The molecule has 0 aromatic heterocycles. The molecule has 1 rings (SSSR count). The Morgan fingerprint density at radius 1 is 1.35 bits per heavy atom. The molecule has 0 unspecified atom stereocenters. The zero-order valence-electron chi connectivity index (χ0n) is 9.28. The number of benzene rings is 1. The zero-order chi connectivity index (χ0) is 12.1. The molecular formula is C11H14Br2ClNO2. The van der Waals surface area contributed by atoms with Crippen LogP contribution >= 0.6 is 44.3 Å². The van der Waals surface area contributed by atoms with Gasteiger partial charge in [-0.2, -0.15) is 0 Å². The molecule has 1 aromatic carbocycles. The third-order valence-corrected chi connectivity index (χ3v) is 2.92. The molecule has 3 nitrogen and oxygen atoms in total. The van der Waals surface area contributed by atoms with Gasteiger partial charge in [0.2, 0.25) is 0 Å². The van der Waals surface area contributed by atoms with Gasteiger partial charge < -0.3 is 10.5 Å². The van der Waals surface area contributed by atoms with Crippen LogP contribution in [0.5, 0.6) is 0 Å². The van der Waals surface area contributed by atoms with Crippen molar-refractivity contribution >= 4 is 50.2 Å². The second-order valence-electron chi connectivity index (χ2n) is 3.32. The summed E-state index contributed by atoms with van der Waals surface area (Å²) in [5.41, 5.74) is 6.82. The van der Waals surface area contributed by atoms with Crippen molar-refractivity contribution < 1.29 is 9.53 Å². The van der Waals surface area contributed by atoms with Crippen LogP contribution in [0.3, 0.4) is 0 Å². The van der Waals surface area contributed by atoms with Gasteiger partial charge in [-0.15, -0.1) is 12.4 Å². The molecule has 96 valence electrons. The summed E-state index contributed by atoms with van der Waals surface area (Å²) in [4.78, 5) is 11.3. The van der Waals surface area contributed by atoms with Crippen molar-refractivity contribution in [2.75, 3.05) is 6.61 Å². The van der Waals surface area contributed by atoms with Gasteiger partial charge in [0, 0.05) is 15.0 Å². The molecule has 6 heteroatoms. The van der Waals surface area contributed by atoms with Gasteiger partial charge in [-0.3, -0.25) is 4.79 Å². The second-order valence-corrected chi connectivity index (χ2v) is 5.15. The summed E-state index contributed by atoms with van der Waals surface area (Å²) >= 11 is 6.75. The summed E-state index contributed by atoms with van der Waals surface area (Å²) in [6.45, 7) is 2.16. The van der Waals surface area contributed by atoms with Gasteiger partial charge >= 0.3 is 5.97 Å². The molecule has 1 aromatic rings. The van der Waals surface area contributed by atoms with Gasteiger partial charge in [-0.25, -0.2) is 0 Å². The lowest BCUT2D eigenvalue weighted by molar-refractivity contribution is -0.143. The largest absolute Gasteiger partial charge is 0.466 e. The average Bonchev–Trinajstić information content (AvgIpc) is 2.16. The molecule has 0 radical (unpaired) electrons. The summed E-state index contributed by atoms with van der Waals surface area (Å²) in [5.74, 6) is -0.272. The fourth-order valence-electron chi connectivity index (χ4n) is 1.31. The second kappa shape index (κ2) is 8.08. The van der Waals surface area contributed by atoms with E-state index in [0.29, 0.717) is 6.61 Å². The van der Waals surface area contributed by atoms with E-state index in [9.17, 15) is 4.79 Å². The highest BCUT2D eigenvalue weighted by Gasteiger charge is 2.13. The molecule has 0 saturated heterocycles. The van der Waals surface area contributed by atoms with E-state index in [1.54, 1.807) is 6.92 Å². The standard InChI is InChI=1S/C11H13Br2NO2.ClH/c1-2-16-11(15)6-10(14)7-3-8(12)5-9(13)4-7;/h3-5,10H,2,6,14H2,1H3;1H/t10-;/m1./s1. The summed E-state index contributed by atoms with van der Waals surface area (Å²) in [5, 5.41) is 0. The highest BCUT2D eigenvalue weighted by atomic mass is 79.9. The molecule has 1 atom stereocenters. The van der Waals surface area contributed by atoms with Crippen LogP contribution in [0, 0.1) is 0 Å². The van der Waals surface area contributed by atoms with E-state index in [1.165, 1.54) is 0 Å². The highest BCUT2D eigenvalue weighted by molar-refractivity contribution is 9.11. The lowest BCUT2D eigenvalue weighted by Crippen LogP contribution is -2.17. The maximum absolute atomic E-state index is 11.3. The van der Waals surface area contributed by atoms with Crippen molar-refractivity contribution in [1.82, 2.24) is 0 Å². The first kappa shape index (κ1) is 16.9. The summed E-state index contributed by atoms with van der Waals surface area (Å²) in [6.07, 6.45) is 0.191. The van der Waals surface area contributed by atoms with Crippen LogP contribution in [-0.2, 0) is 9.53 Å². The molecule has 17 heavy (non-hydrogen) atoms. The smallest absolute Gasteiger partial charge is 0.307 e. The van der Waals surface area contributed by atoms with Crippen molar-refractivity contribution in [3.8, 4) is 0 Å². The first-order chi connectivity index (χ1) is 7.52. The lowest BCUT2D eigenvalue weighted by Gasteiger charge is -2.12. The van der Waals surface area contributed by atoms with Crippen LogP contribution in [-0.4, -0.2) is 12.6 Å². The minimum atomic E-state index is -0.340. The molecule has 0 amide bonds. The zero-order valence-corrected chi connectivity index (χ0v) is 13.3. The number of carbonyl (C=O) groups excluding carboxylic acids is 1. The van der Waals surface area contributed by atoms with Crippen molar-refractivity contribution in [1.29, 1.82) is 0 Å². The maximum Gasteiger partial charge on any atom is 0.307 e. The molecule has 0 heterocycles. The SMILES string of the molecule is CCOC(=O)C[C@@H](N)c1cc(Br)cc(Br)c1.Cl. The van der Waals surface area contributed by atoms with Crippen LogP contribution in [0.4, 0.5) is 0 Å². The Balaban J connectivity index is 0.00000256. The Labute approximate surface area is 124 Å². The van der Waals surface area contributed by atoms with E-state index >= 15 is 0 Å². The molecule has 0 saturated carbocycles. The van der Waals surface area contributed by atoms with E-state index in [4.69, 9.17) is 10.5 Å². The monoisotopic (exact) mass is 385 g/mol. The van der Waals surface area contributed by atoms with Gasteiger partial charge in [0.05, 0.1) is 13.0 Å². The molecule has 0 aliphatic rings. The average molecular weight is 387 g/mol. The van der Waals surface area contributed by atoms with Crippen LogP contribution in [0.1, 0.15) is 24.9 Å². The predicted molar refractivity (Wildman–Crippen MR) is 77.3 cm³/mol. The Morgan fingerprint density at radius 2 is 1.88 bits per heavy atom. The Kier molecular flexibility index (Phi) is 8.03. The fourth-order valence-corrected chi connectivity index (χ4v) is 2.64. The van der Waals surface area contributed by atoms with Crippen LogP contribution < -0.4 is 5.73 Å². The van der Waals surface area contributed by atoms with E-state index < -0.39 is 0 Å². The van der Waals surface area contributed by atoms with E-state index in [2.05, 4.69) is 31.9 Å². The number of hydrogen-bond acceptors (Lipinski definition) is 3. The van der Waals surface area contributed by atoms with Crippen molar-refractivity contribution in [2.24, 2.45) is 5.73 Å². The number of carbonyl (C=O) groups is 1. The van der Waals surface area contributed by atoms with Crippen molar-refractivity contribution in [3.05, 3.63) is 32.7 Å². The minimum Gasteiger partial charge on any atom is -0.466 e. The number of rotatable bonds is 4. The quantitative estimate of drug-likeness (QED) is 0.804. The lowest BCUT2D eigenvalue weighted by atomic mass is 10.1. The van der Waals surface area contributed by atoms with Crippen LogP contribution in [0.15, 0.2) is 27.1 Å². The van der Waals surface area contributed by atoms with Crippen molar-refractivity contribution in [3.63, 3.8) is 0 Å². The Bertz CT molecular complexity index is 367. The topological polar surface area (TPSA) is 52.3 Å². The third-order valence-electron chi connectivity index (χ3n) is 2.00. The first-order valence-electron chi connectivity index (χ1n) is 4.90. The maximum atomic E-state index is 11.3. The van der Waals surface area contributed by atoms with Crippen molar-refractivity contribution in [2.45, 2.75) is 19.4 Å². The number of esters is 1. The van der Waals surface area contributed by atoms with E-state index in [1.807, 2.05) is 18.2 Å². The van der Waals surface area contributed by atoms with Gasteiger partial charge in [-0.1, -0.05) is 31.9 Å². The van der Waals surface area contributed by atoms with E-state index in [-0.39, 0.29) is 30.8 Å². The van der Waals surface area contributed by atoms with Gasteiger partial charge in [0.25, 0.3) is 0 Å². The predicted octanol–water partition coefficient (Wildman–Crippen LogP) is 3.59. The summed E-state index contributed by atoms with van der Waals surface area (Å²) in [7, 11) is 0. The third kappa shape index (κ3) is 5.86. The molecule has 0 spiro atoms. The molecule has 0 fully saturated rings. The number of nitrogens with two attached hydrogens (primary N) is 1. The number of hydrogen-bond donors (Lipinski definition) is 1. The minimum absolute atomic E-state index is 0. The Morgan fingerprint density at radius 3 is 2.35 bits per heavy atom. The summed E-state index contributed by atoms with van der Waals surface area (Å²) in [6, 6.07) is 5.37. The molecule has 2 N–H and O–H groups in total. The Hall–Kier alpha value is -0.100. The normalized spacial score (nSPS) is 11.5. The summed E-state index contributed by atoms with van der Waals surface area (Å²) < 4.78 is 6.71. The molecule has 0 aliphatic carbocycles. The fraction of sp³-hybridized carbons (Fsp3) is 0.364. The van der Waals surface area contributed by atoms with Gasteiger partial charge in [0.1, 0.15) is 0 Å². The van der Waals surface area contributed by atoms with Gasteiger partial charge in [-0.05, 0) is 30.7 Å².